The Hall–Kier alpha value is -2.18. The van der Waals surface area contributed by atoms with Crippen LogP contribution in [0.15, 0.2) is 46.5 Å². The van der Waals surface area contributed by atoms with Gasteiger partial charge in [0, 0.05) is 21.9 Å². The van der Waals surface area contributed by atoms with Gasteiger partial charge in [-0.1, -0.05) is 18.2 Å². The quantitative estimate of drug-likeness (QED) is 0.715. The number of para-hydroxylation sites is 1. The Labute approximate surface area is 149 Å². The summed E-state index contributed by atoms with van der Waals surface area (Å²) in [5.74, 6) is 0.731. The van der Waals surface area contributed by atoms with Crippen LogP contribution >= 0.6 is 22.7 Å². The van der Waals surface area contributed by atoms with Gasteiger partial charge in [-0.25, -0.2) is 4.98 Å². The van der Waals surface area contributed by atoms with Crippen LogP contribution in [-0.2, 0) is 11.2 Å². The van der Waals surface area contributed by atoms with Crippen LogP contribution in [0.2, 0.25) is 0 Å². The third kappa shape index (κ3) is 3.83. The van der Waals surface area contributed by atoms with E-state index in [1.807, 2.05) is 48.0 Å². The second-order valence-electron chi connectivity index (χ2n) is 5.36. The minimum atomic E-state index is -0.122. The molecule has 0 radical (unpaired) electrons. The van der Waals surface area contributed by atoms with Crippen molar-refractivity contribution >= 4 is 28.6 Å². The number of benzene rings is 1. The van der Waals surface area contributed by atoms with Gasteiger partial charge >= 0.3 is 0 Å². The number of hydrogen-bond acceptors (Lipinski definition) is 5. The maximum atomic E-state index is 12.3. The van der Waals surface area contributed by atoms with Crippen molar-refractivity contribution < 1.29 is 9.53 Å². The number of ether oxygens (including phenoxy) is 1. The van der Waals surface area contributed by atoms with Gasteiger partial charge in [0.2, 0.25) is 5.91 Å². The number of thiazole rings is 1. The number of methoxy groups -OCH3 is 1. The summed E-state index contributed by atoms with van der Waals surface area (Å²) in [7, 11) is 1.63. The molecule has 6 heteroatoms. The van der Waals surface area contributed by atoms with Crippen molar-refractivity contribution in [2.45, 2.75) is 19.4 Å². The maximum Gasteiger partial charge on any atom is 0.226 e. The van der Waals surface area contributed by atoms with Crippen LogP contribution in [0.1, 0.15) is 24.2 Å². The second-order valence-corrected chi connectivity index (χ2v) is 7.00. The zero-order valence-electron chi connectivity index (χ0n) is 13.5. The highest BCUT2D eigenvalue weighted by molar-refractivity contribution is 7.14. The highest BCUT2D eigenvalue weighted by Crippen LogP contribution is 2.26. The average molecular weight is 358 g/mol. The average Bonchev–Trinajstić information content (AvgIpc) is 3.25. The van der Waals surface area contributed by atoms with Crippen molar-refractivity contribution in [1.29, 1.82) is 0 Å². The molecule has 2 aromatic heterocycles. The minimum absolute atomic E-state index is 0.0458. The Bertz CT molecular complexity index is 812. The molecule has 1 unspecified atom stereocenters. The molecule has 0 aliphatic heterocycles. The van der Waals surface area contributed by atoms with Gasteiger partial charge in [-0.05, 0) is 24.4 Å². The first-order valence-corrected chi connectivity index (χ1v) is 9.39. The fraction of sp³-hybridized carbons (Fsp3) is 0.222. The summed E-state index contributed by atoms with van der Waals surface area (Å²) in [6.07, 6.45) is 0.278. The van der Waals surface area contributed by atoms with Crippen LogP contribution in [0.3, 0.4) is 0 Å². The normalized spacial score (nSPS) is 11.9. The van der Waals surface area contributed by atoms with Crippen LogP contribution in [0.5, 0.6) is 5.75 Å². The number of aromatic nitrogens is 1. The number of hydrogen-bond donors (Lipinski definition) is 1. The molecule has 0 saturated carbocycles. The predicted molar refractivity (Wildman–Crippen MR) is 98.7 cm³/mol. The molecule has 0 aliphatic carbocycles. The van der Waals surface area contributed by atoms with E-state index < -0.39 is 0 Å². The number of nitrogens with zero attached hydrogens (tertiary/aromatic N) is 1. The van der Waals surface area contributed by atoms with Crippen molar-refractivity contribution in [2.24, 2.45) is 0 Å². The Morgan fingerprint density at radius 3 is 2.88 bits per heavy atom. The van der Waals surface area contributed by atoms with Gasteiger partial charge < -0.3 is 10.1 Å². The van der Waals surface area contributed by atoms with Gasteiger partial charge in [0.1, 0.15) is 10.8 Å². The molecule has 0 fully saturated rings. The summed E-state index contributed by atoms with van der Waals surface area (Å²) in [6.45, 7) is 1.95. The first-order valence-electron chi connectivity index (χ1n) is 7.56. The summed E-state index contributed by atoms with van der Waals surface area (Å²) in [5.41, 5.74) is 2.87. The standard InChI is InChI=1S/C18H18N2O2S2/c1-12(15-5-3-4-6-16(15)22-2)19-17(21)9-14-11-24-18(20-14)13-7-8-23-10-13/h3-8,10-12H,9H2,1-2H3,(H,19,21). The molecule has 0 spiro atoms. The molecule has 3 rings (SSSR count). The second kappa shape index (κ2) is 7.59. The molecule has 0 bridgehead atoms. The topological polar surface area (TPSA) is 51.2 Å². The van der Waals surface area contributed by atoms with Gasteiger partial charge in [-0.2, -0.15) is 11.3 Å². The van der Waals surface area contributed by atoms with Crippen molar-refractivity contribution in [3.05, 3.63) is 57.7 Å². The number of carbonyl (C=O) groups excluding carboxylic acids is 1. The van der Waals surface area contributed by atoms with Crippen LogP contribution in [0.4, 0.5) is 0 Å². The molecule has 1 amide bonds. The molecule has 0 saturated heterocycles. The first kappa shape index (κ1) is 16.7. The Balaban J connectivity index is 1.63. The molecule has 1 atom stereocenters. The molecule has 0 aliphatic rings. The fourth-order valence-corrected chi connectivity index (χ4v) is 4.00. The molecule has 2 heterocycles. The number of amides is 1. The smallest absolute Gasteiger partial charge is 0.226 e. The lowest BCUT2D eigenvalue weighted by atomic mass is 10.1. The highest BCUT2D eigenvalue weighted by atomic mass is 32.1. The monoisotopic (exact) mass is 358 g/mol. The Morgan fingerprint density at radius 1 is 1.29 bits per heavy atom. The van der Waals surface area contributed by atoms with E-state index in [0.29, 0.717) is 0 Å². The lowest BCUT2D eigenvalue weighted by Gasteiger charge is -2.16. The maximum absolute atomic E-state index is 12.3. The third-order valence-electron chi connectivity index (χ3n) is 3.64. The van der Waals surface area contributed by atoms with E-state index in [0.717, 1.165) is 27.6 Å². The van der Waals surface area contributed by atoms with Crippen LogP contribution in [0.25, 0.3) is 10.6 Å². The van der Waals surface area contributed by atoms with E-state index in [-0.39, 0.29) is 18.4 Å². The third-order valence-corrected chi connectivity index (χ3v) is 5.27. The van der Waals surface area contributed by atoms with Crippen molar-refractivity contribution in [3.63, 3.8) is 0 Å². The molecule has 1 aromatic carbocycles. The molecule has 124 valence electrons. The summed E-state index contributed by atoms with van der Waals surface area (Å²) in [5, 5.41) is 10.00. The van der Waals surface area contributed by atoms with Crippen molar-refractivity contribution in [2.75, 3.05) is 7.11 Å². The van der Waals surface area contributed by atoms with Gasteiger partial charge in [0.15, 0.2) is 0 Å². The van der Waals surface area contributed by atoms with Crippen LogP contribution in [-0.4, -0.2) is 18.0 Å². The van der Waals surface area contributed by atoms with E-state index in [1.54, 1.807) is 29.8 Å². The lowest BCUT2D eigenvalue weighted by molar-refractivity contribution is -0.121. The zero-order valence-corrected chi connectivity index (χ0v) is 15.1. The van der Waals surface area contributed by atoms with Crippen molar-refractivity contribution in [1.82, 2.24) is 10.3 Å². The number of rotatable bonds is 6. The van der Waals surface area contributed by atoms with E-state index in [2.05, 4.69) is 15.7 Å². The SMILES string of the molecule is COc1ccccc1C(C)NC(=O)Cc1csc(-c2ccsc2)n1. The summed E-state index contributed by atoms with van der Waals surface area (Å²) in [6, 6.07) is 9.62. The van der Waals surface area contributed by atoms with Crippen LogP contribution in [0, 0.1) is 0 Å². The molecule has 3 aromatic rings. The molecular weight excluding hydrogens is 340 g/mol. The molecular formula is C18H18N2O2S2. The molecule has 1 N–H and O–H groups in total. The summed E-state index contributed by atoms with van der Waals surface area (Å²) < 4.78 is 5.35. The van der Waals surface area contributed by atoms with Gasteiger partial charge in [-0.3, -0.25) is 4.79 Å². The fourth-order valence-electron chi connectivity index (χ4n) is 2.47. The zero-order chi connectivity index (χ0) is 16.9. The van der Waals surface area contributed by atoms with Crippen LogP contribution < -0.4 is 10.1 Å². The Morgan fingerprint density at radius 2 is 2.12 bits per heavy atom. The first-order chi connectivity index (χ1) is 11.7. The largest absolute Gasteiger partial charge is 0.496 e. The minimum Gasteiger partial charge on any atom is -0.496 e. The molecule has 24 heavy (non-hydrogen) atoms. The van der Waals surface area contributed by atoms with Crippen molar-refractivity contribution in [3.8, 4) is 16.3 Å². The van der Waals surface area contributed by atoms with E-state index >= 15 is 0 Å². The lowest BCUT2D eigenvalue weighted by Crippen LogP contribution is -2.28. The van der Waals surface area contributed by atoms with Gasteiger partial charge in [0.05, 0.1) is 25.3 Å². The number of thiophene rings is 1. The van der Waals surface area contributed by atoms with Gasteiger partial charge in [0.25, 0.3) is 0 Å². The van der Waals surface area contributed by atoms with E-state index in [1.165, 1.54) is 0 Å². The molecule has 4 nitrogen and oxygen atoms in total. The number of nitrogens with one attached hydrogen (secondary N) is 1. The summed E-state index contributed by atoms with van der Waals surface area (Å²) in [4.78, 5) is 16.9. The predicted octanol–water partition coefficient (Wildman–Crippen LogP) is 4.30. The van der Waals surface area contributed by atoms with E-state index in [4.69, 9.17) is 4.74 Å². The van der Waals surface area contributed by atoms with E-state index in [9.17, 15) is 4.79 Å². The van der Waals surface area contributed by atoms with Gasteiger partial charge in [-0.15, -0.1) is 11.3 Å². The highest BCUT2D eigenvalue weighted by Gasteiger charge is 2.15. The number of carbonyl (C=O) groups is 1. The summed E-state index contributed by atoms with van der Waals surface area (Å²) >= 11 is 3.21. The Kier molecular flexibility index (Phi) is 5.27.